The third-order valence-corrected chi connectivity index (χ3v) is 2.40. The Kier molecular flexibility index (Phi) is 7.99. The summed E-state index contributed by atoms with van der Waals surface area (Å²) in [6, 6.07) is 1.85. The first kappa shape index (κ1) is 15.6. The van der Waals surface area contributed by atoms with Crippen LogP contribution in [0.3, 0.4) is 0 Å². The number of carbonyl (C=O) groups is 1. The van der Waals surface area contributed by atoms with Crippen LogP contribution in [0.2, 0.25) is 0 Å². The molecule has 1 N–H and O–H groups in total. The van der Waals surface area contributed by atoms with Crippen molar-refractivity contribution in [3.63, 3.8) is 0 Å². The molecule has 0 aromatic rings. The molecule has 1 aliphatic heterocycles. The Morgan fingerprint density at radius 3 is 2.76 bits per heavy atom. The van der Waals surface area contributed by atoms with Gasteiger partial charge in [-0.1, -0.05) is 13.8 Å². The number of nitriles is 1. The van der Waals surface area contributed by atoms with Gasteiger partial charge < -0.3 is 5.11 Å². The molecule has 1 aliphatic rings. The fourth-order valence-electron chi connectivity index (χ4n) is 1.75. The minimum atomic E-state index is -0.895. The van der Waals surface area contributed by atoms with Crippen LogP contribution >= 0.6 is 0 Å². The molecule has 1 rings (SSSR count). The number of hydrogen-bond acceptors (Lipinski definition) is 4. The van der Waals surface area contributed by atoms with Crippen molar-refractivity contribution in [1.82, 2.24) is 4.90 Å². The van der Waals surface area contributed by atoms with Crippen molar-refractivity contribution in [2.45, 2.75) is 39.7 Å². The van der Waals surface area contributed by atoms with E-state index in [4.69, 9.17) is 10.4 Å². The van der Waals surface area contributed by atoms with Crippen LogP contribution in [0.4, 0.5) is 0 Å². The maximum atomic E-state index is 10.6. The minimum absolute atomic E-state index is 0.0824. The predicted molar refractivity (Wildman–Crippen MR) is 67.2 cm³/mol. The van der Waals surface area contributed by atoms with Gasteiger partial charge in [0.05, 0.1) is 18.7 Å². The summed E-state index contributed by atoms with van der Waals surface area (Å²) in [6.45, 7) is 7.09. The Morgan fingerprint density at radius 2 is 2.29 bits per heavy atom. The summed E-state index contributed by atoms with van der Waals surface area (Å²) in [5, 5.41) is 17.6. The zero-order chi connectivity index (χ0) is 13.3. The van der Waals surface area contributed by atoms with Gasteiger partial charge in [-0.05, 0) is 19.8 Å². The number of piperidine rings is 1. The lowest BCUT2D eigenvalue weighted by molar-refractivity contribution is -0.138. The van der Waals surface area contributed by atoms with E-state index >= 15 is 0 Å². The van der Waals surface area contributed by atoms with Crippen LogP contribution in [0.25, 0.3) is 0 Å². The number of likely N-dealkylation sites (tertiary alicyclic amines) is 1. The van der Waals surface area contributed by atoms with Crippen molar-refractivity contribution < 1.29 is 9.90 Å². The van der Waals surface area contributed by atoms with Gasteiger partial charge in [0.1, 0.15) is 0 Å². The number of carboxylic acids is 1. The van der Waals surface area contributed by atoms with Crippen LogP contribution in [0.1, 0.15) is 33.6 Å². The molecule has 1 saturated heterocycles. The van der Waals surface area contributed by atoms with E-state index in [2.05, 4.69) is 11.1 Å². The van der Waals surface area contributed by atoms with E-state index in [0.29, 0.717) is 19.5 Å². The van der Waals surface area contributed by atoms with Gasteiger partial charge in [-0.15, -0.1) is 0 Å². The Hall–Kier alpha value is -1.41. The first-order valence-corrected chi connectivity index (χ1v) is 6.05. The minimum Gasteiger partial charge on any atom is -0.480 e. The first-order valence-electron chi connectivity index (χ1n) is 6.05. The monoisotopic (exact) mass is 239 g/mol. The number of nitrogens with zero attached hydrogens (tertiary/aromatic N) is 3. The summed E-state index contributed by atoms with van der Waals surface area (Å²) in [5.41, 5.74) is 1.00. The Labute approximate surface area is 103 Å². The molecule has 0 spiro atoms. The highest BCUT2D eigenvalue weighted by Crippen LogP contribution is 2.14. The number of aliphatic carboxylic acids is 1. The van der Waals surface area contributed by atoms with E-state index in [1.165, 1.54) is 0 Å². The molecule has 0 radical (unpaired) electrons. The summed E-state index contributed by atoms with van der Waals surface area (Å²) >= 11 is 0. The van der Waals surface area contributed by atoms with E-state index in [0.717, 1.165) is 12.1 Å². The van der Waals surface area contributed by atoms with Crippen molar-refractivity contribution in [1.29, 1.82) is 5.26 Å². The van der Waals surface area contributed by atoms with Crippen molar-refractivity contribution in [2.24, 2.45) is 4.99 Å². The second kappa shape index (κ2) is 8.71. The number of carboxylic acid groups (broad SMARTS) is 1. The predicted octanol–water partition coefficient (Wildman–Crippen LogP) is 1.55. The van der Waals surface area contributed by atoms with Crippen LogP contribution < -0.4 is 0 Å². The van der Waals surface area contributed by atoms with Crippen molar-refractivity contribution in [3.8, 4) is 6.07 Å². The zero-order valence-corrected chi connectivity index (χ0v) is 10.8. The normalized spacial score (nSPS) is 22.5. The summed E-state index contributed by atoms with van der Waals surface area (Å²) in [6.07, 6.45) is 1.49. The van der Waals surface area contributed by atoms with E-state index in [1.807, 2.05) is 20.8 Å². The van der Waals surface area contributed by atoms with Crippen molar-refractivity contribution in [3.05, 3.63) is 0 Å². The molecule has 0 bridgehead atoms. The van der Waals surface area contributed by atoms with Gasteiger partial charge >= 0.3 is 5.97 Å². The smallest absolute Gasteiger partial charge is 0.317 e. The molecular formula is C12H21N3O2. The molecule has 0 aromatic heterocycles. The highest BCUT2D eigenvalue weighted by molar-refractivity contribution is 5.87. The standard InChI is InChI=1S/C10H15N3O2.C2H6/c1-2-12-8-3-4-9(5-11)13(6-8)7-10(14)15;1-2/h9H,2-4,6-7H2,1H3,(H,14,15);1-2H3. The molecule has 0 aliphatic carbocycles. The number of aliphatic imine (C=N–C) groups is 1. The van der Waals surface area contributed by atoms with Gasteiger partial charge in [0.25, 0.3) is 0 Å². The second-order valence-electron chi connectivity index (χ2n) is 3.52. The molecule has 1 fully saturated rings. The molecule has 17 heavy (non-hydrogen) atoms. The lowest BCUT2D eigenvalue weighted by Gasteiger charge is -2.30. The topological polar surface area (TPSA) is 76.7 Å². The summed E-state index contributed by atoms with van der Waals surface area (Å²) < 4.78 is 0. The van der Waals surface area contributed by atoms with Crippen LogP contribution in [0, 0.1) is 11.3 Å². The molecule has 0 aromatic carbocycles. The highest BCUT2D eigenvalue weighted by Gasteiger charge is 2.26. The fraction of sp³-hybridized carbons (Fsp3) is 0.750. The highest BCUT2D eigenvalue weighted by atomic mass is 16.4. The Morgan fingerprint density at radius 1 is 1.65 bits per heavy atom. The second-order valence-corrected chi connectivity index (χ2v) is 3.52. The van der Waals surface area contributed by atoms with Gasteiger partial charge in [0.2, 0.25) is 0 Å². The molecule has 96 valence electrons. The molecule has 1 unspecified atom stereocenters. The maximum Gasteiger partial charge on any atom is 0.317 e. The van der Waals surface area contributed by atoms with E-state index in [9.17, 15) is 4.79 Å². The Bertz CT molecular complexity index is 307. The van der Waals surface area contributed by atoms with Crippen molar-refractivity contribution in [2.75, 3.05) is 19.6 Å². The van der Waals surface area contributed by atoms with E-state index in [1.54, 1.807) is 4.90 Å². The average Bonchev–Trinajstić information content (AvgIpc) is 2.32. The van der Waals surface area contributed by atoms with E-state index < -0.39 is 5.97 Å². The van der Waals surface area contributed by atoms with Crippen LogP contribution in [-0.2, 0) is 4.79 Å². The molecular weight excluding hydrogens is 218 g/mol. The number of hydrogen-bond donors (Lipinski definition) is 1. The third kappa shape index (κ3) is 5.45. The SMILES string of the molecule is CC.CCN=C1CCC(C#N)N(CC(=O)O)C1. The molecule has 5 nitrogen and oxygen atoms in total. The Balaban J connectivity index is 0.00000121. The lowest BCUT2D eigenvalue weighted by atomic mass is 10.0. The largest absolute Gasteiger partial charge is 0.480 e. The summed E-state index contributed by atoms with van der Waals surface area (Å²) in [4.78, 5) is 16.6. The number of rotatable bonds is 3. The molecule has 5 heteroatoms. The molecule has 0 amide bonds. The lowest BCUT2D eigenvalue weighted by Crippen LogP contribution is -2.45. The van der Waals surface area contributed by atoms with Gasteiger partial charge in [0.15, 0.2) is 0 Å². The molecule has 1 atom stereocenters. The van der Waals surface area contributed by atoms with Crippen LogP contribution in [-0.4, -0.2) is 47.4 Å². The van der Waals surface area contributed by atoms with E-state index in [-0.39, 0.29) is 12.6 Å². The van der Waals surface area contributed by atoms with Gasteiger partial charge in [-0.2, -0.15) is 5.26 Å². The van der Waals surface area contributed by atoms with Gasteiger partial charge in [-0.25, -0.2) is 0 Å². The van der Waals surface area contributed by atoms with Crippen LogP contribution in [0.5, 0.6) is 0 Å². The maximum absolute atomic E-state index is 10.6. The quantitative estimate of drug-likeness (QED) is 0.810. The summed E-state index contributed by atoms with van der Waals surface area (Å²) in [7, 11) is 0. The summed E-state index contributed by atoms with van der Waals surface area (Å²) in [5.74, 6) is -0.895. The zero-order valence-electron chi connectivity index (χ0n) is 10.8. The molecule has 0 saturated carbocycles. The van der Waals surface area contributed by atoms with Crippen LogP contribution in [0.15, 0.2) is 4.99 Å². The van der Waals surface area contributed by atoms with Gasteiger partial charge in [-0.3, -0.25) is 14.7 Å². The third-order valence-electron chi connectivity index (χ3n) is 2.40. The molecule has 1 heterocycles. The fourth-order valence-corrected chi connectivity index (χ4v) is 1.75. The van der Waals surface area contributed by atoms with Gasteiger partial charge in [0, 0.05) is 18.8 Å². The average molecular weight is 239 g/mol. The van der Waals surface area contributed by atoms with Crippen molar-refractivity contribution >= 4 is 11.7 Å². The first-order chi connectivity index (χ1) is 8.17.